The molecule has 1 atom stereocenters. The van der Waals surface area contributed by atoms with Crippen molar-refractivity contribution < 1.29 is 0 Å². The molecule has 0 radical (unpaired) electrons. The number of thiophene rings is 1. The van der Waals surface area contributed by atoms with E-state index in [0.717, 1.165) is 14.9 Å². The summed E-state index contributed by atoms with van der Waals surface area (Å²) in [6.07, 6.45) is 3.32. The first kappa shape index (κ1) is 12.0. The highest BCUT2D eigenvalue weighted by Crippen LogP contribution is 2.34. The molecule has 0 spiro atoms. The van der Waals surface area contributed by atoms with E-state index < -0.39 is 0 Å². The number of nitrogens with zero attached hydrogens (tertiary/aromatic N) is 1. The van der Waals surface area contributed by atoms with Gasteiger partial charge in [-0.05, 0) is 39.0 Å². The van der Waals surface area contributed by atoms with Crippen molar-refractivity contribution in [3.63, 3.8) is 0 Å². The molecule has 3 N–H and O–H groups in total. The topological polar surface area (TPSA) is 50.9 Å². The number of halogens is 2. The Labute approximate surface area is 111 Å². The molecule has 0 bridgehead atoms. The number of aromatic nitrogens is 1. The van der Waals surface area contributed by atoms with Crippen LogP contribution in [0.1, 0.15) is 16.5 Å². The van der Waals surface area contributed by atoms with Crippen molar-refractivity contribution in [1.29, 1.82) is 0 Å². The fourth-order valence-corrected chi connectivity index (χ4v) is 3.35. The third-order valence-electron chi connectivity index (χ3n) is 2.19. The molecule has 0 amide bonds. The molecule has 0 saturated carbocycles. The Kier molecular flexibility index (Phi) is 3.94. The van der Waals surface area contributed by atoms with E-state index in [2.05, 4.69) is 26.3 Å². The van der Waals surface area contributed by atoms with Crippen molar-refractivity contribution in [3.8, 4) is 0 Å². The predicted octanol–water partition coefficient (Wildman–Crippen LogP) is 3.11. The van der Waals surface area contributed by atoms with Crippen LogP contribution in [0.2, 0.25) is 5.02 Å². The third kappa shape index (κ3) is 2.28. The van der Waals surface area contributed by atoms with Crippen molar-refractivity contribution in [1.82, 2.24) is 10.4 Å². The van der Waals surface area contributed by atoms with Crippen molar-refractivity contribution in [2.24, 2.45) is 5.84 Å². The summed E-state index contributed by atoms with van der Waals surface area (Å²) in [6, 6.07) is 3.73. The first-order valence-electron chi connectivity index (χ1n) is 4.52. The summed E-state index contributed by atoms with van der Waals surface area (Å²) in [6.45, 7) is 0. The van der Waals surface area contributed by atoms with Crippen LogP contribution in [0.5, 0.6) is 0 Å². The highest BCUT2D eigenvalue weighted by atomic mass is 79.9. The van der Waals surface area contributed by atoms with Gasteiger partial charge in [0.25, 0.3) is 0 Å². The maximum Gasteiger partial charge on any atom is 0.0829 e. The van der Waals surface area contributed by atoms with Gasteiger partial charge in [0.05, 0.1) is 11.1 Å². The monoisotopic (exact) mass is 317 g/mol. The van der Waals surface area contributed by atoms with Crippen LogP contribution in [-0.2, 0) is 0 Å². The number of hydrogen-bond donors (Lipinski definition) is 2. The van der Waals surface area contributed by atoms with Gasteiger partial charge >= 0.3 is 0 Å². The van der Waals surface area contributed by atoms with Crippen molar-refractivity contribution in [2.75, 3.05) is 0 Å². The largest absolute Gasteiger partial charge is 0.271 e. The zero-order chi connectivity index (χ0) is 11.5. The quantitative estimate of drug-likeness (QED) is 0.675. The van der Waals surface area contributed by atoms with Gasteiger partial charge in [0.15, 0.2) is 0 Å². The normalized spacial score (nSPS) is 12.7. The van der Waals surface area contributed by atoms with E-state index in [4.69, 9.17) is 17.4 Å². The van der Waals surface area contributed by atoms with Gasteiger partial charge in [-0.3, -0.25) is 10.8 Å². The Bertz CT molecular complexity index is 488. The summed E-state index contributed by atoms with van der Waals surface area (Å²) in [5, 5.41) is 2.60. The van der Waals surface area contributed by atoms with Gasteiger partial charge in [0.2, 0.25) is 0 Å². The number of nitrogens with one attached hydrogen (secondary N) is 1. The molecule has 0 saturated heterocycles. The molecular weight excluding hydrogens is 310 g/mol. The molecule has 0 fully saturated rings. The van der Waals surface area contributed by atoms with E-state index in [0.29, 0.717) is 5.02 Å². The van der Waals surface area contributed by atoms with Crippen LogP contribution in [0.15, 0.2) is 34.4 Å². The average molecular weight is 319 g/mol. The van der Waals surface area contributed by atoms with Crippen LogP contribution in [0.3, 0.4) is 0 Å². The Morgan fingerprint density at radius 2 is 2.31 bits per heavy atom. The van der Waals surface area contributed by atoms with E-state index in [1.165, 1.54) is 0 Å². The molecule has 0 aromatic carbocycles. The minimum absolute atomic E-state index is 0.120. The molecule has 0 aliphatic carbocycles. The molecule has 2 heterocycles. The van der Waals surface area contributed by atoms with Gasteiger partial charge in [-0.2, -0.15) is 0 Å². The predicted molar refractivity (Wildman–Crippen MR) is 70.4 cm³/mol. The molecule has 16 heavy (non-hydrogen) atoms. The maximum absolute atomic E-state index is 6.10. The zero-order valence-corrected chi connectivity index (χ0v) is 11.3. The molecule has 0 aliphatic rings. The van der Waals surface area contributed by atoms with Crippen LogP contribution in [0, 0.1) is 0 Å². The average Bonchev–Trinajstić information content (AvgIpc) is 2.69. The summed E-state index contributed by atoms with van der Waals surface area (Å²) < 4.78 is 1.02. The summed E-state index contributed by atoms with van der Waals surface area (Å²) in [5.74, 6) is 5.59. The number of hydrazine groups is 1. The van der Waals surface area contributed by atoms with Crippen LogP contribution in [-0.4, -0.2) is 4.98 Å². The Balaban J connectivity index is 2.45. The zero-order valence-electron chi connectivity index (χ0n) is 8.15. The van der Waals surface area contributed by atoms with Gasteiger partial charge in [-0.1, -0.05) is 11.6 Å². The SMILES string of the molecule is NNC(c1ccncc1Cl)c1sccc1Br. The van der Waals surface area contributed by atoms with Crippen molar-refractivity contribution in [2.45, 2.75) is 6.04 Å². The second-order valence-electron chi connectivity index (χ2n) is 3.13. The first-order valence-corrected chi connectivity index (χ1v) is 6.57. The van der Waals surface area contributed by atoms with E-state index >= 15 is 0 Å². The molecule has 6 heteroatoms. The number of nitrogens with two attached hydrogens (primary N) is 1. The van der Waals surface area contributed by atoms with Crippen LogP contribution in [0.25, 0.3) is 0 Å². The minimum Gasteiger partial charge on any atom is -0.271 e. The standard InChI is InChI=1S/C10H9BrClN3S/c11-7-2-4-16-10(7)9(15-13)6-1-3-14-5-8(6)12/h1-5,9,15H,13H2. The highest BCUT2D eigenvalue weighted by molar-refractivity contribution is 9.10. The molecule has 2 aromatic rings. The smallest absolute Gasteiger partial charge is 0.0829 e. The summed E-state index contributed by atoms with van der Waals surface area (Å²) in [5.41, 5.74) is 3.69. The summed E-state index contributed by atoms with van der Waals surface area (Å²) in [4.78, 5) is 5.05. The number of pyridine rings is 1. The van der Waals surface area contributed by atoms with Crippen LogP contribution < -0.4 is 11.3 Å². The van der Waals surface area contributed by atoms with Crippen molar-refractivity contribution >= 4 is 38.9 Å². The minimum atomic E-state index is -0.120. The lowest BCUT2D eigenvalue weighted by atomic mass is 10.1. The van der Waals surface area contributed by atoms with Gasteiger partial charge in [-0.15, -0.1) is 11.3 Å². The molecular formula is C10H9BrClN3S. The number of rotatable bonds is 3. The summed E-state index contributed by atoms with van der Waals surface area (Å²) in [7, 11) is 0. The highest BCUT2D eigenvalue weighted by Gasteiger charge is 2.18. The molecule has 2 aromatic heterocycles. The second-order valence-corrected chi connectivity index (χ2v) is 5.34. The number of hydrogen-bond acceptors (Lipinski definition) is 4. The van der Waals surface area contributed by atoms with E-state index in [-0.39, 0.29) is 6.04 Å². The molecule has 0 aliphatic heterocycles. The van der Waals surface area contributed by atoms with Gasteiger partial charge in [0.1, 0.15) is 0 Å². The Hall–Kier alpha value is -0.460. The van der Waals surface area contributed by atoms with Gasteiger partial charge in [-0.25, -0.2) is 5.43 Å². The van der Waals surface area contributed by atoms with Crippen LogP contribution >= 0.6 is 38.9 Å². The lowest BCUT2D eigenvalue weighted by Crippen LogP contribution is -2.28. The van der Waals surface area contributed by atoms with Crippen LogP contribution in [0.4, 0.5) is 0 Å². The fourth-order valence-electron chi connectivity index (χ4n) is 1.44. The van der Waals surface area contributed by atoms with Gasteiger partial charge in [0, 0.05) is 21.7 Å². The molecule has 84 valence electrons. The first-order chi connectivity index (χ1) is 7.74. The molecule has 1 unspecified atom stereocenters. The van der Waals surface area contributed by atoms with E-state index in [1.807, 2.05) is 17.5 Å². The van der Waals surface area contributed by atoms with Gasteiger partial charge < -0.3 is 0 Å². The summed E-state index contributed by atoms with van der Waals surface area (Å²) >= 11 is 11.2. The van der Waals surface area contributed by atoms with Crippen molar-refractivity contribution in [3.05, 3.63) is 49.8 Å². The molecule has 3 nitrogen and oxygen atoms in total. The Morgan fingerprint density at radius 1 is 1.50 bits per heavy atom. The Morgan fingerprint density at radius 3 is 2.88 bits per heavy atom. The fraction of sp³-hybridized carbons (Fsp3) is 0.100. The second kappa shape index (κ2) is 5.25. The van der Waals surface area contributed by atoms with E-state index in [9.17, 15) is 0 Å². The third-order valence-corrected chi connectivity index (χ3v) is 4.44. The lowest BCUT2D eigenvalue weighted by Gasteiger charge is -2.16. The maximum atomic E-state index is 6.10. The van der Waals surface area contributed by atoms with E-state index in [1.54, 1.807) is 23.7 Å². The lowest BCUT2D eigenvalue weighted by molar-refractivity contribution is 0.644. The molecule has 2 rings (SSSR count).